The van der Waals surface area contributed by atoms with E-state index in [4.69, 9.17) is 23.2 Å². The van der Waals surface area contributed by atoms with Gasteiger partial charge in [-0.1, -0.05) is 29.3 Å². The Hall–Kier alpha value is -4.04. The molecule has 0 spiro atoms. The number of nitro groups is 1. The van der Waals surface area contributed by atoms with Crippen LogP contribution in [0.4, 0.5) is 17.3 Å². The van der Waals surface area contributed by atoms with Gasteiger partial charge in [0.25, 0.3) is 0 Å². The Morgan fingerprint density at radius 2 is 1.71 bits per heavy atom. The van der Waals surface area contributed by atoms with Crippen molar-refractivity contribution in [3.05, 3.63) is 50.2 Å². The molecule has 0 saturated heterocycles. The maximum atomic E-state index is 11.8. The number of carbonyl (C=O) groups excluding carboxylic acids is 4. The number of aromatic nitrogens is 2. The number of hydrogen-bond donors (Lipinski definition) is 2. The first-order valence-electron chi connectivity index (χ1n) is 10.7. The second-order valence-electron chi connectivity index (χ2n) is 7.52. The molecule has 3 rings (SSSR count). The number of anilines is 2. The fourth-order valence-corrected chi connectivity index (χ4v) is 3.43. The third-order valence-corrected chi connectivity index (χ3v) is 5.46. The minimum Gasteiger partial charge on any atom is -0.469 e. The fourth-order valence-electron chi connectivity index (χ4n) is 3.14. The van der Waals surface area contributed by atoms with Gasteiger partial charge in [0.2, 0.25) is 5.82 Å². The summed E-state index contributed by atoms with van der Waals surface area (Å²) in [6, 6.07) is 3.98. The number of esters is 3. The Morgan fingerprint density at radius 3 is 2.32 bits per heavy atom. The molecule has 3 heterocycles. The highest BCUT2D eigenvalue weighted by Gasteiger charge is 2.29. The lowest BCUT2D eigenvalue weighted by molar-refractivity contribution is -0.384. The van der Waals surface area contributed by atoms with Gasteiger partial charge in [-0.3, -0.25) is 24.5 Å². The van der Waals surface area contributed by atoms with Gasteiger partial charge in [-0.2, -0.15) is 0 Å². The Kier molecular flexibility index (Phi) is 11.2. The van der Waals surface area contributed by atoms with Crippen molar-refractivity contribution in [1.82, 2.24) is 9.97 Å². The molecule has 38 heavy (non-hydrogen) atoms. The number of carbonyl (C=O) groups is 4. The molecular weight excluding hydrogens is 549 g/mol. The van der Waals surface area contributed by atoms with Crippen LogP contribution >= 0.6 is 23.2 Å². The highest BCUT2D eigenvalue weighted by Crippen LogP contribution is 2.26. The Bertz CT molecular complexity index is 1230. The summed E-state index contributed by atoms with van der Waals surface area (Å²) in [5.41, 5.74) is 0.402. The molecule has 0 unspecified atom stereocenters. The number of fused-ring (bicyclic) bond motifs is 1. The molecule has 0 fully saturated rings. The average Bonchev–Trinajstić information content (AvgIpc) is 2.88. The normalized spacial score (nSPS) is 14.4. The zero-order valence-corrected chi connectivity index (χ0v) is 21.9. The second-order valence-corrected chi connectivity index (χ2v) is 8.30. The van der Waals surface area contributed by atoms with Crippen molar-refractivity contribution in [2.75, 3.05) is 32.0 Å². The highest BCUT2D eigenvalue weighted by molar-refractivity contribution is 6.29. The van der Waals surface area contributed by atoms with Crippen molar-refractivity contribution in [1.29, 1.82) is 0 Å². The minimum absolute atomic E-state index is 0.00294. The van der Waals surface area contributed by atoms with E-state index in [0.29, 0.717) is 11.0 Å². The van der Waals surface area contributed by atoms with Crippen LogP contribution in [0.2, 0.25) is 10.3 Å². The SMILES string of the molecule is COC(=O)C[C@@H]1Nc2nc(Cl)ccc2CC1=O.COC(=O)C[C@H](Nc1nc(Cl)ccc1[N+](=O)[O-])C(=O)OC. The smallest absolute Gasteiger partial charge is 0.328 e. The summed E-state index contributed by atoms with van der Waals surface area (Å²) >= 11 is 11.4. The molecule has 1 aliphatic rings. The standard InChI is InChI=1S/C11H12ClN3O6.C11H11ClN2O3/c1-20-9(16)5-6(11(17)21-2)13-10-7(15(18)19)3-4-8(12)14-10;1-17-10(16)5-7-8(15)4-6-2-3-9(12)14-11(6)13-7/h3-4,6H,5H2,1-2H3,(H,13,14);2-3,7H,4-5H2,1H3,(H,13,14)/t6-;7-/m00/s1. The van der Waals surface area contributed by atoms with E-state index in [-0.39, 0.29) is 36.0 Å². The molecule has 0 amide bonds. The van der Waals surface area contributed by atoms with Crippen molar-refractivity contribution in [3.63, 3.8) is 0 Å². The van der Waals surface area contributed by atoms with E-state index in [2.05, 4.69) is 34.8 Å². The molecule has 0 aliphatic carbocycles. The number of ether oxygens (including phenoxy) is 3. The van der Waals surface area contributed by atoms with Gasteiger partial charge in [0.05, 0.1) is 45.1 Å². The van der Waals surface area contributed by atoms with E-state index < -0.39 is 40.6 Å². The van der Waals surface area contributed by atoms with Gasteiger partial charge >= 0.3 is 23.6 Å². The number of hydrogen-bond acceptors (Lipinski definition) is 13. The maximum Gasteiger partial charge on any atom is 0.328 e. The monoisotopic (exact) mass is 571 g/mol. The number of rotatable bonds is 8. The number of nitrogens with one attached hydrogen (secondary N) is 2. The predicted molar refractivity (Wildman–Crippen MR) is 134 cm³/mol. The topological polar surface area (TPSA) is 189 Å². The number of ketones is 1. The molecule has 14 nitrogen and oxygen atoms in total. The number of nitrogens with zero attached hydrogens (tertiary/aromatic N) is 3. The number of methoxy groups -OCH3 is 3. The van der Waals surface area contributed by atoms with Crippen molar-refractivity contribution >= 4 is 64.2 Å². The van der Waals surface area contributed by atoms with Crippen molar-refractivity contribution in [2.24, 2.45) is 0 Å². The lowest BCUT2D eigenvalue weighted by atomic mass is 9.97. The van der Waals surface area contributed by atoms with Gasteiger partial charge in [-0.05, 0) is 12.1 Å². The van der Waals surface area contributed by atoms with Crippen LogP contribution in [-0.2, 0) is 39.8 Å². The fraction of sp³-hybridized carbons (Fsp3) is 0.364. The van der Waals surface area contributed by atoms with E-state index in [1.807, 2.05) is 0 Å². The summed E-state index contributed by atoms with van der Waals surface area (Å²) in [4.78, 5) is 63.8. The number of pyridine rings is 2. The first-order valence-corrected chi connectivity index (χ1v) is 11.5. The van der Waals surface area contributed by atoms with Gasteiger partial charge < -0.3 is 24.8 Å². The lowest BCUT2D eigenvalue weighted by Crippen LogP contribution is -2.37. The van der Waals surface area contributed by atoms with E-state index in [1.54, 1.807) is 12.1 Å². The van der Waals surface area contributed by atoms with E-state index in [9.17, 15) is 29.3 Å². The van der Waals surface area contributed by atoms with Crippen LogP contribution in [-0.4, -0.2) is 72.0 Å². The van der Waals surface area contributed by atoms with Crippen LogP contribution in [0.25, 0.3) is 0 Å². The largest absolute Gasteiger partial charge is 0.469 e. The summed E-state index contributed by atoms with van der Waals surface area (Å²) in [5, 5.41) is 16.6. The van der Waals surface area contributed by atoms with Crippen LogP contribution in [0.15, 0.2) is 24.3 Å². The summed E-state index contributed by atoms with van der Waals surface area (Å²) < 4.78 is 13.5. The molecule has 0 radical (unpaired) electrons. The van der Waals surface area contributed by atoms with Crippen LogP contribution in [0.5, 0.6) is 0 Å². The summed E-state index contributed by atoms with van der Waals surface area (Å²) in [7, 11) is 3.56. The zero-order valence-electron chi connectivity index (χ0n) is 20.4. The van der Waals surface area contributed by atoms with E-state index >= 15 is 0 Å². The molecule has 2 atom stereocenters. The predicted octanol–water partition coefficient (Wildman–Crippen LogP) is 2.36. The first-order chi connectivity index (χ1) is 18.0. The summed E-state index contributed by atoms with van der Waals surface area (Å²) in [5.74, 6) is -1.65. The van der Waals surface area contributed by atoms with Crippen LogP contribution in [0.3, 0.4) is 0 Å². The number of halogens is 2. The molecule has 0 bridgehead atoms. The van der Waals surface area contributed by atoms with Crippen LogP contribution < -0.4 is 10.6 Å². The van der Waals surface area contributed by atoms with Gasteiger partial charge in [0.1, 0.15) is 22.2 Å². The molecule has 2 aromatic heterocycles. The lowest BCUT2D eigenvalue weighted by Gasteiger charge is -2.24. The van der Waals surface area contributed by atoms with Gasteiger partial charge in [0.15, 0.2) is 5.78 Å². The molecule has 2 aromatic rings. The maximum absolute atomic E-state index is 11.8. The molecule has 2 N–H and O–H groups in total. The third kappa shape index (κ3) is 8.52. The summed E-state index contributed by atoms with van der Waals surface area (Å²) in [6.45, 7) is 0. The molecule has 1 aliphatic heterocycles. The van der Waals surface area contributed by atoms with Gasteiger partial charge in [-0.15, -0.1) is 0 Å². The van der Waals surface area contributed by atoms with E-state index in [1.165, 1.54) is 13.2 Å². The zero-order chi connectivity index (χ0) is 28.4. The van der Waals surface area contributed by atoms with Gasteiger partial charge in [0, 0.05) is 18.1 Å². The molecular formula is C22H23Cl2N5O9. The van der Waals surface area contributed by atoms with Gasteiger partial charge in [-0.25, -0.2) is 14.8 Å². The Labute approximate surface area is 226 Å². The van der Waals surface area contributed by atoms with Crippen molar-refractivity contribution in [2.45, 2.75) is 31.3 Å². The minimum atomic E-state index is -1.19. The third-order valence-electron chi connectivity index (χ3n) is 5.04. The quantitative estimate of drug-likeness (QED) is 0.154. The van der Waals surface area contributed by atoms with Crippen molar-refractivity contribution in [3.8, 4) is 0 Å². The number of Topliss-reactive ketones (excluding diaryl/α,β-unsaturated/α-hetero) is 1. The first kappa shape index (κ1) is 30.2. The van der Waals surface area contributed by atoms with Crippen LogP contribution in [0.1, 0.15) is 18.4 Å². The average molecular weight is 572 g/mol. The highest BCUT2D eigenvalue weighted by atomic mass is 35.5. The second kappa shape index (κ2) is 14.0. The van der Waals surface area contributed by atoms with Crippen molar-refractivity contribution < 1.29 is 38.3 Å². The molecule has 204 valence electrons. The molecule has 0 saturated carbocycles. The molecule has 16 heteroatoms. The molecule has 0 aromatic carbocycles. The Morgan fingerprint density at radius 1 is 1.08 bits per heavy atom. The summed E-state index contributed by atoms with van der Waals surface area (Å²) in [6.07, 6.45) is -0.119. The van der Waals surface area contributed by atoms with Crippen LogP contribution in [0, 0.1) is 10.1 Å². The van der Waals surface area contributed by atoms with E-state index in [0.717, 1.165) is 25.8 Å². The Balaban J connectivity index is 0.000000272.